The summed E-state index contributed by atoms with van der Waals surface area (Å²) >= 11 is 0. The predicted molar refractivity (Wildman–Crippen MR) is 65.3 cm³/mol. The highest BCUT2D eigenvalue weighted by molar-refractivity contribution is 5.41. The molecule has 1 atom stereocenters. The molecule has 6 nitrogen and oxygen atoms in total. The minimum Gasteiger partial charge on any atom is -0.496 e. The second-order valence-electron chi connectivity index (χ2n) is 4.14. The van der Waals surface area contributed by atoms with Crippen molar-refractivity contribution in [3.8, 4) is 5.75 Å². The first-order valence-electron chi connectivity index (χ1n) is 5.66. The summed E-state index contributed by atoms with van der Waals surface area (Å²) in [6, 6.07) is 0. The summed E-state index contributed by atoms with van der Waals surface area (Å²) in [5.74, 6) is 1.25. The van der Waals surface area contributed by atoms with Crippen molar-refractivity contribution in [3.05, 3.63) is 35.2 Å². The molecule has 1 unspecified atom stereocenters. The molecule has 0 aliphatic rings. The van der Waals surface area contributed by atoms with Crippen LogP contribution in [0.3, 0.4) is 0 Å². The van der Waals surface area contributed by atoms with Crippen molar-refractivity contribution in [3.63, 3.8) is 0 Å². The predicted octanol–water partition coefficient (Wildman–Crippen LogP) is 1.10. The molecule has 0 aromatic carbocycles. The van der Waals surface area contributed by atoms with E-state index in [-0.39, 0.29) is 0 Å². The largest absolute Gasteiger partial charge is 0.496 e. The van der Waals surface area contributed by atoms with Crippen LogP contribution in [-0.2, 0) is 6.42 Å². The number of rotatable bonds is 4. The maximum atomic E-state index is 10.0. The van der Waals surface area contributed by atoms with E-state index in [9.17, 15) is 5.11 Å². The summed E-state index contributed by atoms with van der Waals surface area (Å²) in [6.45, 7) is 3.87. The summed E-state index contributed by atoms with van der Waals surface area (Å²) in [7, 11) is 1.63. The van der Waals surface area contributed by atoms with E-state index in [1.165, 1.54) is 6.33 Å². The number of ether oxygens (including phenoxy) is 1. The lowest BCUT2D eigenvalue weighted by Crippen LogP contribution is -2.08. The fraction of sp³-hybridized carbons (Fsp3) is 0.417. The summed E-state index contributed by atoms with van der Waals surface area (Å²) in [4.78, 5) is 8.26. The van der Waals surface area contributed by atoms with E-state index in [0.29, 0.717) is 12.2 Å². The van der Waals surface area contributed by atoms with Crippen LogP contribution in [0, 0.1) is 13.8 Å². The van der Waals surface area contributed by atoms with Crippen LogP contribution in [0.1, 0.15) is 28.7 Å². The number of aliphatic hydroxyl groups is 1. The quantitative estimate of drug-likeness (QED) is 0.846. The summed E-state index contributed by atoms with van der Waals surface area (Å²) < 4.78 is 5.33. The Labute approximate surface area is 105 Å². The van der Waals surface area contributed by atoms with Crippen molar-refractivity contribution < 1.29 is 9.84 Å². The standard InChI is InChI=1S/C12H16N4O2/c1-7-5-13-9(8(2)11(7)18-3)4-10(17)12-14-6-15-16-12/h5-6,10,17H,4H2,1-3H3,(H,14,15,16). The fourth-order valence-electron chi connectivity index (χ4n) is 1.93. The maximum absolute atomic E-state index is 10.0. The van der Waals surface area contributed by atoms with Crippen LogP contribution in [0.25, 0.3) is 0 Å². The van der Waals surface area contributed by atoms with Crippen molar-refractivity contribution in [2.75, 3.05) is 7.11 Å². The summed E-state index contributed by atoms with van der Waals surface area (Å²) in [6.07, 6.45) is 2.74. The van der Waals surface area contributed by atoms with E-state index >= 15 is 0 Å². The molecule has 2 rings (SSSR count). The molecule has 0 aliphatic heterocycles. The van der Waals surface area contributed by atoms with E-state index in [1.54, 1.807) is 13.3 Å². The van der Waals surface area contributed by atoms with Crippen LogP contribution in [0.5, 0.6) is 5.75 Å². The van der Waals surface area contributed by atoms with Crippen molar-refractivity contribution in [2.24, 2.45) is 0 Å². The topological polar surface area (TPSA) is 83.9 Å². The number of aliphatic hydroxyl groups excluding tert-OH is 1. The Morgan fingerprint density at radius 2 is 2.17 bits per heavy atom. The third kappa shape index (κ3) is 2.33. The van der Waals surface area contributed by atoms with Gasteiger partial charge in [0.1, 0.15) is 18.2 Å². The average molecular weight is 248 g/mol. The molecular formula is C12H16N4O2. The molecule has 0 spiro atoms. The van der Waals surface area contributed by atoms with Gasteiger partial charge in [-0.25, -0.2) is 4.98 Å². The first kappa shape index (κ1) is 12.5. The Balaban J connectivity index is 2.24. The molecule has 2 N–H and O–H groups in total. The van der Waals surface area contributed by atoms with Gasteiger partial charge in [-0.05, 0) is 13.8 Å². The lowest BCUT2D eigenvalue weighted by atomic mass is 10.1. The molecule has 2 aromatic rings. The van der Waals surface area contributed by atoms with E-state index < -0.39 is 6.10 Å². The van der Waals surface area contributed by atoms with Crippen LogP contribution in [0.2, 0.25) is 0 Å². The SMILES string of the molecule is COc1c(C)cnc(CC(O)c2ncn[nH]2)c1C. The smallest absolute Gasteiger partial charge is 0.153 e. The van der Waals surface area contributed by atoms with Gasteiger partial charge in [-0.1, -0.05) is 0 Å². The van der Waals surface area contributed by atoms with Crippen LogP contribution in [-0.4, -0.2) is 32.4 Å². The van der Waals surface area contributed by atoms with Crippen LogP contribution in [0.4, 0.5) is 0 Å². The Kier molecular flexibility index (Phi) is 3.57. The maximum Gasteiger partial charge on any atom is 0.153 e. The number of aromatic nitrogens is 4. The van der Waals surface area contributed by atoms with Gasteiger partial charge in [-0.2, -0.15) is 5.10 Å². The molecule has 0 amide bonds. The van der Waals surface area contributed by atoms with Gasteiger partial charge in [0, 0.05) is 29.4 Å². The zero-order valence-corrected chi connectivity index (χ0v) is 10.6. The Morgan fingerprint density at radius 1 is 1.39 bits per heavy atom. The molecule has 0 saturated heterocycles. The van der Waals surface area contributed by atoms with Crippen molar-refractivity contribution in [2.45, 2.75) is 26.4 Å². The van der Waals surface area contributed by atoms with Gasteiger partial charge < -0.3 is 9.84 Å². The van der Waals surface area contributed by atoms with Gasteiger partial charge in [-0.15, -0.1) is 0 Å². The van der Waals surface area contributed by atoms with E-state index in [1.807, 2.05) is 13.8 Å². The highest BCUT2D eigenvalue weighted by Crippen LogP contribution is 2.26. The Bertz CT molecular complexity index is 525. The molecule has 2 aromatic heterocycles. The normalized spacial score (nSPS) is 12.4. The molecule has 0 radical (unpaired) electrons. The monoisotopic (exact) mass is 248 g/mol. The zero-order chi connectivity index (χ0) is 13.1. The van der Waals surface area contributed by atoms with Crippen LogP contribution >= 0.6 is 0 Å². The number of nitrogens with one attached hydrogen (secondary N) is 1. The number of hydrogen-bond donors (Lipinski definition) is 2. The number of hydrogen-bond acceptors (Lipinski definition) is 5. The van der Waals surface area contributed by atoms with Gasteiger partial charge in [0.2, 0.25) is 0 Å². The minimum atomic E-state index is -0.744. The molecule has 18 heavy (non-hydrogen) atoms. The van der Waals surface area contributed by atoms with Crippen molar-refractivity contribution in [1.82, 2.24) is 20.2 Å². The van der Waals surface area contributed by atoms with Gasteiger partial charge in [-0.3, -0.25) is 10.1 Å². The second kappa shape index (κ2) is 5.14. The molecule has 96 valence electrons. The van der Waals surface area contributed by atoms with Crippen LogP contribution < -0.4 is 4.74 Å². The molecule has 0 fully saturated rings. The third-order valence-corrected chi connectivity index (χ3v) is 2.89. The van der Waals surface area contributed by atoms with Gasteiger partial charge in [0.15, 0.2) is 5.82 Å². The first-order valence-corrected chi connectivity index (χ1v) is 5.66. The molecule has 6 heteroatoms. The average Bonchev–Trinajstić information content (AvgIpc) is 2.87. The van der Waals surface area contributed by atoms with E-state index in [2.05, 4.69) is 20.2 Å². The number of nitrogens with zero attached hydrogens (tertiary/aromatic N) is 3. The zero-order valence-electron chi connectivity index (χ0n) is 10.6. The Morgan fingerprint density at radius 3 is 2.78 bits per heavy atom. The van der Waals surface area contributed by atoms with Gasteiger partial charge >= 0.3 is 0 Å². The second-order valence-corrected chi connectivity index (χ2v) is 4.14. The Hall–Kier alpha value is -1.95. The summed E-state index contributed by atoms with van der Waals surface area (Å²) in [5, 5.41) is 16.4. The highest BCUT2D eigenvalue weighted by Gasteiger charge is 2.16. The summed E-state index contributed by atoms with van der Waals surface area (Å²) in [5.41, 5.74) is 2.71. The lowest BCUT2D eigenvalue weighted by Gasteiger charge is -2.13. The number of aryl methyl sites for hydroxylation is 1. The van der Waals surface area contributed by atoms with Gasteiger partial charge in [0.05, 0.1) is 7.11 Å². The highest BCUT2D eigenvalue weighted by atomic mass is 16.5. The molecule has 2 heterocycles. The van der Waals surface area contributed by atoms with E-state index in [4.69, 9.17) is 4.74 Å². The van der Waals surface area contributed by atoms with Crippen LogP contribution in [0.15, 0.2) is 12.5 Å². The molecule has 0 bridgehead atoms. The molecule has 0 saturated carbocycles. The number of pyridine rings is 1. The molecular weight excluding hydrogens is 232 g/mol. The lowest BCUT2D eigenvalue weighted by molar-refractivity contribution is 0.167. The minimum absolute atomic E-state index is 0.373. The third-order valence-electron chi connectivity index (χ3n) is 2.89. The first-order chi connectivity index (χ1) is 8.63. The number of methoxy groups -OCH3 is 1. The van der Waals surface area contributed by atoms with Gasteiger partial charge in [0.25, 0.3) is 0 Å². The van der Waals surface area contributed by atoms with Crippen molar-refractivity contribution >= 4 is 0 Å². The fourth-order valence-corrected chi connectivity index (χ4v) is 1.93. The van der Waals surface area contributed by atoms with E-state index in [0.717, 1.165) is 22.6 Å². The van der Waals surface area contributed by atoms with Crippen molar-refractivity contribution in [1.29, 1.82) is 0 Å². The number of H-pyrrole nitrogens is 1. The number of aromatic amines is 1. The molecule has 0 aliphatic carbocycles.